The Kier molecular flexibility index (Phi) is 4.77. The number of Topliss-reactive ketones (excluding diaryl/α,β-unsaturated/α-hetero) is 1. The number of carbonyl (C=O) groups excluding carboxylic acids is 1. The largest absolute Gasteiger partial charge is 0.376 e. The first-order valence-electron chi connectivity index (χ1n) is 9.72. The minimum Gasteiger partial charge on any atom is -0.376 e. The van der Waals surface area contributed by atoms with Crippen LogP contribution in [0.2, 0.25) is 0 Å². The fourth-order valence-corrected chi connectivity index (χ4v) is 4.11. The maximum absolute atomic E-state index is 13.1. The number of ether oxygens (including phenoxy) is 1. The van der Waals surface area contributed by atoms with E-state index < -0.39 is 11.2 Å². The van der Waals surface area contributed by atoms with Crippen LogP contribution in [0.15, 0.2) is 22.0 Å². The summed E-state index contributed by atoms with van der Waals surface area (Å²) in [4.78, 5) is 41.9. The second kappa shape index (κ2) is 7.14. The molecule has 4 heterocycles. The highest BCUT2D eigenvalue weighted by atomic mass is 16.5. The average Bonchev–Trinajstić information content (AvgIpc) is 3.41. The molecule has 1 fully saturated rings. The summed E-state index contributed by atoms with van der Waals surface area (Å²) < 4.78 is 11.7. The van der Waals surface area contributed by atoms with Crippen molar-refractivity contribution in [2.24, 2.45) is 14.1 Å². The standard InChI is InChI=1S/C20H25N5O4/c1-12-8-15(13(2)25(12)9-14-6-5-7-29-14)16(26)10-24-11-21-18-17(24)19(27)23(4)20(28)22(18)3/h8,11,14H,5-7,9-10H2,1-4H3/t14-/m1/s1. The number of aromatic nitrogens is 5. The average molecular weight is 399 g/mol. The smallest absolute Gasteiger partial charge is 0.332 e. The number of rotatable bonds is 5. The van der Waals surface area contributed by atoms with E-state index in [1.807, 2.05) is 19.9 Å². The summed E-state index contributed by atoms with van der Waals surface area (Å²) in [5.74, 6) is -0.105. The van der Waals surface area contributed by atoms with Crippen LogP contribution < -0.4 is 11.2 Å². The van der Waals surface area contributed by atoms with Crippen molar-refractivity contribution < 1.29 is 9.53 Å². The van der Waals surface area contributed by atoms with Crippen molar-refractivity contribution in [3.8, 4) is 0 Å². The summed E-state index contributed by atoms with van der Waals surface area (Å²) in [5.41, 5.74) is 2.15. The van der Waals surface area contributed by atoms with E-state index in [4.69, 9.17) is 4.74 Å². The normalized spacial score (nSPS) is 16.8. The fourth-order valence-electron chi connectivity index (χ4n) is 4.11. The van der Waals surface area contributed by atoms with E-state index in [0.29, 0.717) is 5.56 Å². The lowest BCUT2D eigenvalue weighted by Gasteiger charge is -2.14. The molecular formula is C20H25N5O4. The van der Waals surface area contributed by atoms with Crippen molar-refractivity contribution in [2.45, 2.75) is 45.9 Å². The number of hydrogen-bond donors (Lipinski definition) is 0. The van der Waals surface area contributed by atoms with Crippen LogP contribution in [0.3, 0.4) is 0 Å². The predicted octanol–water partition coefficient (Wildman–Crippen LogP) is 0.914. The maximum Gasteiger partial charge on any atom is 0.332 e. The molecule has 0 bridgehead atoms. The van der Waals surface area contributed by atoms with Crippen LogP contribution in [-0.2, 0) is 31.9 Å². The van der Waals surface area contributed by atoms with Crippen LogP contribution in [0, 0.1) is 13.8 Å². The molecule has 0 aromatic carbocycles. The van der Waals surface area contributed by atoms with Gasteiger partial charge in [0.15, 0.2) is 16.9 Å². The van der Waals surface area contributed by atoms with Crippen molar-refractivity contribution >= 4 is 16.9 Å². The monoisotopic (exact) mass is 399 g/mol. The van der Waals surface area contributed by atoms with Crippen LogP contribution in [0.25, 0.3) is 11.2 Å². The molecule has 0 N–H and O–H groups in total. The molecule has 29 heavy (non-hydrogen) atoms. The molecule has 0 aliphatic carbocycles. The molecule has 3 aromatic heterocycles. The van der Waals surface area contributed by atoms with E-state index in [2.05, 4.69) is 9.55 Å². The Hall–Kier alpha value is -2.94. The number of carbonyl (C=O) groups is 1. The predicted molar refractivity (Wildman–Crippen MR) is 107 cm³/mol. The van der Waals surface area contributed by atoms with Gasteiger partial charge in [-0.05, 0) is 32.8 Å². The molecule has 0 saturated carbocycles. The Balaban J connectivity index is 1.67. The molecule has 1 aliphatic heterocycles. The maximum atomic E-state index is 13.1. The number of hydrogen-bond acceptors (Lipinski definition) is 5. The van der Waals surface area contributed by atoms with E-state index >= 15 is 0 Å². The molecule has 0 unspecified atom stereocenters. The highest BCUT2D eigenvalue weighted by Gasteiger charge is 2.22. The second-order valence-corrected chi connectivity index (χ2v) is 7.70. The van der Waals surface area contributed by atoms with Crippen molar-refractivity contribution in [3.63, 3.8) is 0 Å². The van der Waals surface area contributed by atoms with Gasteiger partial charge in [0.25, 0.3) is 5.56 Å². The van der Waals surface area contributed by atoms with Crippen LogP contribution in [-0.4, -0.2) is 41.7 Å². The summed E-state index contributed by atoms with van der Waals surface area (Å²) in [5, 5.41) is 0. The Morgan fingerprint density at radius 1 is 1.24 bits per heavy atom. The molecule has 1 atom stereocenters. The summed E-state index contributed by atoms with van der Waals surface area (Å²) in [6, 6.07) is 1.89. The van der Waals surface area contributed by atoms with Gasteiger partial charge in [0.05, 0.1) is 19.0 Å². The molecule has 0 spiro atoms. The molecule has 3 aromatic rings. The van der Waals surface area contributed by atoms with Crippen molar-refractivity contribution in [1.29, 1.82) is 0 Å². The summed E-state index contributed by atoms with van der Waals surface area (Å²) in [6.07, 6.45) is 3.73. The first kappa shape index (κ1) is 19.4. The van der Waals surface area contributed by atoms with E-state index in [9.17, 15) is 14.4 Å². The summed E-state index contributed by atoms with van der Waals surface area (Å²) >= 11 is 0. The van der Waals surface area contributed by atoms with Crippen molar-refractivity contribution in [2.75, 3.05) is 6.61 Å². The van der Waals surface area contributed by atoms with Crippen LogP contribution in [0.5, 0.6) is 0 Å². The second-order valence-electron chi connectivity index (χ2n) is 7.70. The molecule has 0 amide bonds. The molecule has 0 radical (unpaired) electrons. The Morgan fingerprint density at radius 2 is 2.00 bits per heavy atom. The van der Waals surface area contributed by atoms with Gasteiger partial charge in [0.2, 0.25) is 0 Å². The Labute approximate surface area is 167 Å². The lowest BCUT2D eigenvalue weighted by Crippen LogP contribution is -2.37. The minimum absolute atomic E-state index is 0.0197. The molecule has 1 saturated heterocycles. The Morgan fingerprint density at radius 3 is 2.69 bits per heavy atom. The van der Waals surface area contributed by atoms with Crippen molar-refractivity contribution in [1.82, 2.24) is 23.3 Å². The third kappa shape index (κ3) is 3.15. The summed E-state index contributed by atoms with van der Waals surface area (Å²) in [6.45, 7) is 5.43. The quantitative estimate of drug-likeness (QED) is 0.595. The molecule has 9 heteroatoms. The van der Waals surface area contributed by atoms with Crippen molar-refractivity contribution in [3.05, 3.63) is 50.2 Å². The van der Waals surface area contributed by atoms with Gasteiger partial charge in [-0.15, -0.1) is 0 Å². The molecule has 154 valence electrons. The van der Waals surface area contributed by atoms with Gasteiger partial charge in [-0.2, -0.15) is 0 Å². The molecular weight excluding hydrogens is 374 g/mol. The van der Waals surface area contributed by atoms with Gasteiger partial charge in [0.1, 0.15) is 0 Å². The number of aryl methyl sites for hydroxylation is 2. The van der Waals surface area contributed by atoms with Crippen LogP contribution >= 0.6 is 0 Å². The topological polar surface area (TPSA) is 93.1 Å². The lowest BCUT2D eigenvalue weighted by atomic mass is 10.1. The SMILES string of the molecule is Cc1cc(C(=O)Cn2cnc3c2c(=O)n(C)c(=O)n3C)c(C)n1C[C@H]1CCCO1. The minimum atomic E-state index is -0.461. The van der Waals surface area contributed by atoms with Gasteiger partial charge >= 0.3 is 5.69 Å². The Bertz CT molecular complexity index is 1220. The zero-order valence-electron chi connectivity index (χ0n) is 17.1. The van der Waals surface area contributed by atoms with Gasteiger partial charge in [-0.3, -0.25) is 18.7 Å². The van der Waals surface area contributed by atoms with E-state index in [-0.39, 0.29) is 29.6 Å². The van der Waals surface area contributed by atoms with Gasteiger partial charge < -0.3 is 13.9 Å². The molecule has 9 nitrogen and oxygen atoms in total. The first-order chi connectivity index (χ1) is 13.8. The zero-order chi connectivity index (χ0) is 20.9. The van der Waals surface area contributed by atoms with E-state index in [0.717, 1.165) is 41.9 Å². The number of ketones is 1. The van der Waals surface area contributed by atoms with Gasteiger partial charge in [-0.1, -0.05) is 0 Å². The zero-order valence-corrected chi connectivity index (χ0v) is 17.1. The highest BCUT2D eigenvalue weighted by molar-refractivity contribution is 5.98. The summed E-state index contributed by atoms with van der Waals surface area (Å²) in [7, 11) is 2.98. The molecule has 1 aliphatic rings. The van der Waals surface area contributed by atoms with E-state index in [1.54, 1.807) is 7.05 Å². The van der Waals surface area contributed by atoms with Gasteiger partial charge in [0, 0.05) is 44.2 Å². The number of fused-ring (bicyclic) bond motifs is 1. The molecule has 4 rings (SSSR count). The fraction of sp³-hybridized carbons (Fsp3) is 0.500. The highest BCUT2D eigenvalue weighted by Crippen LogP contribution is 2.21. The van der Waals surface area contributed by atoms with Gasteiger partial charge in [-0.25, -0.2) is 9.78 Å². The van der Waals surface area contributed by atoms with E-state index in [1.165, 1.54) is 22.5 Å². The number of nitrogens with zero attached hydrogens (tertiary/aromatic N) is 5. The first-order valence-corrected chi connectivity index (χ1v) is 9.72. The third-order valence-electron chi connectivity index (χ3n) is 5.82. The third-order valence-corrected chi connectivity index (χ3v) is 5.82. The van der Waals surface area contributed by atoms with Crippen LogP contribution in [0.4, 0.5) is 0 Å². The van der Waals surface area contributed by atoms with Crippen LogP contribution in [0.1, 0.15) is 34.6 Å². The number of imidazole rings is 1. The lowest BCUT2D eigenvalue weighted by molar-refractivity contribution is 0.0949.